The van der Waals surface area contributed by atoms with Gasteiger partial charge in [0.05, 0.1) is 11.8 Å². The smallest absolute Gasteiger partial charge is 0.310 e. The summed E-state index contributed by atoms with van der Waals surface area (Å²) < 4.78 is 4.99. The molecule has 13 heavy (non-hydrogen) atoms. The first-order valence-electron chi connectivity index (χ1n) is 4.49. The Hall–Kier alpha value is -1.06. The standard InChI is InChI=1S/C9H14O4/c1-3-6-4-7(9(12)13-6)5(2)8(10)11/h5-7H,3-4H2,1-2H3,(H,10,11). The molecule has 0 spiro atoms. The van der Waals surface area contributed by atoms with E-state index < -0.39 is 17.8 Å². The third-order valence-electron chi connectivity index (χ3n) is 2.55. The Kier molecular flexibility index (Phi) is 2.90. The van der Waals surface area contributed by atoms with Gasteiger partial charge in [-0.2, -0.15) is 0 Å². The van der Waals surface area contributed by atoms with Gasteiger partial charge in [-0.05, 0) is 12.8 Å². The predicted octanol–water partition coefficient (Wildman–Crippen LogP) is 1.05. The molecule has 0 amide bonds. The summed E-state index contributed by atoms with van der Waals surface area (Å²) in [6, 6.07) is 0. The number of ether oxygens (including phenoxy) is 1. The van der Waals surface area contributed by atoms with Gasteiger partial charge in [0.15, 0.2) is 0 Å². The number of aliphatic carboxylic acids is 1. The maximum Gasteiger partial charge on any atom is 0.310 e. The van der Waals surface area contributed by atoms with Crippen molar-refractivity contribution in [3.05, 3.63) is 0 Å². The molecule has 0 radical (unpaired) electrons. The van der Waals surface area contributed by atoms with E-state index in [1.165, 1.54) is 0 Å². The second kappa shape index (κ2) is 3.77. The molecular formula is C9H14O4. The summed E-state index contributed by atoms with van der Waals surface area (Å²) in [5.74, 6) is -2.38. The Balaban J connectivity index is 2.62. The van der Waals surface area contributed by atoms with E-state index >= 15 is 0 Å². The van der Waals surface area contributed by atoms with E-state index in [9.17, 15) is 9.59 Å². The summed E-state index contributed by atoms with van der Waals surface area (Å²) in [5, 5.41) is 8.71. The molecule has 3 atom stereocenters. The molecule has 4 heteroatoms. The van der Waals surface area contributed by atoms with Crippen LogP contribution in [0.5, 0.6) is 0 Å². The molecule has 1 heterocycles. The van der Waals surface area contributed by atoms with E-state index in [1.54, 1.807) is 6.92 Å². The summed E-state index contributed by atoms with van der Waals surface area (Å²) in [7, 11) is 0. The zero-order valence-corrected chi connectivity index (χ0v) is 7.82. The molecule has 1 N–H and O–H groups in total. The molecule has 0 aromatic rings. The van der Waals surface area contributed by atoms with Crippen molar-refractivity contribution in [1.29, 1.82) is 0 Å². The van der Waals surface area contributed by atoms with Crippen LogP contribution < -0.4 is 0 Å². The number of cyclic esters (lactones) is 1. The normalized spacial score (nSPS) is 29.8. The summed E-state index contributed by atoms with van der Waals surface area (Å²) >= 11 is 0. The zero-order valence-electron chi connectivity index (χ0n) is 7.82. The van der Waals surface area contributed by atoms with Gasteiger partial charge >= 0.3 is 11.9 Å². The maximum atomic E-state index is 11.2. The summed E-state index contributed by atoms with van der Waals surface area (Å²) in [4.78, 5) is 21.8. The lowest BCUT2D eigenvalue weighted by molar-refractivity contribution is -0.152. The molecule has 74 valence electrons. The molecule has 0 saturated carbocycles. The third-order valence-corrected chi connectivity index (χ3v) is 2.55. The number of hydrogen-bond donors (Lipinski definition) is 1. The highest BCUT2D eigenvalue weighted by Gasteiger charge is 2.39. The first kappa shape index (κ1) is 10.0. The van der Waals surface area contributed by atoms with Gasteiger partial charge in [0.1, 0.15) is 6.10 Å². The van der Waals surface area contributed by atoms with Crippen LogP contribution in [0.15, 0.2) is 0 Å². The molecular weight excluding hydrogens is 172 g/mol. The van der Waals surface area contributed by atoms with Crippen molar-refractivity contribution in [3.8, 4) is 0 Å². The van der Waals surface area contributed by atoms with Crippen LogP contribution in [0.2, 0.25) is 0 Å². The van der Waals surface area contributed by atoms with Crippen molar-refractivity contribution in [1.82, 2.24) is 0 Å². The highest BCUT2D eigenvalue weighted by molar-refractivity contribution is 5.82. The first-order valence-corrected chi connectivity index (χ1v) is 4.49. The molecule has 1 rings (SSSR count). The van der Waals surface area contributed by atoms with Crippen LogP contribution in [0.3, 0.4) is 0 Å². The third kappa shape index (κ3) is 1.99. The Bertz CT molecular complexity index is 224. The average Bonchev–Trinajstić information content (AvgIpc) is 2.45. The summed E-state index contributed by atoms with van der Waals surface area (Å²) in [6.07, 6.45) is 1.22. The van der Waals surface area contributed by atoms with Crippen molar-refractivity contribution in [2.45, 2.75) is 32.8 Å². The van der Waals surface area contributed by atoms with E-state index in [0.717, 1.165) is 6.42 Å². The number of carbonyl (C=O) groups excluding carboxylic acids is 1. The van der Waals surface area contributed by atoms with Crippen LogP contribution in [0.1, 0.15) is 26.7 Å². The van der Waals surface area contributed by atoms with Crippen LogP contribution in [-0.4, -0.2) is 23.1 Å². The SMILES string of the molecule is CCC1CC(C(C)C(=O)O)C(=O)O1. The van der Waals surface area contributed by atoms with Crippen LogP contribution in [0.25, 0.3) is 0 Å². The first-order chi connectivity index (χ1) is 6.06. The van der Waals surface area contributed by atoms with Gasteiger partial charge in [-0.3, -0.25) is 9.59 Å². The predicted molar refractivity (Wildman–Crippen MR) is 45.1 cm³/mol. The molecule has 1 saturated heterocycles. The Labute approximate surface area is 76.9 Å². The lowest BCUT2D eigenvalue weighted by Gasteiger charge is -2.09. The number of carbonyl (C=O) groups is 2. The molecule has 1 aliphatic rings. The minimum atomic E-state index is -0.932. The fourth-order valence-electron chi connectivity index (χ4n) is 1.51. The minimum absolute atomic E-state index is 0.0840. The number of esters is 1. The lowest BCUT2D eigenvalue weighted by Crippen LogP contribution is -2.24. The fourth-order valence-corrected chi connectivity index (χ4v) is 1.51. The van der Waals surface area contributed by atoms with Gasteiger partial charge in [-0.1, -0.05) is 13.8 Å². The zero-order chi connectivity index (χ0) is 10.0. The molecule has 0 aromatic carbocycles. The van der Waals surface area contributed by atoms with Crippen LogP contribution >= 0.6 is 0 Å². The Morgan fingerprint density at radius 2 is 2.38 bits per heavy atom. The van der Waals surface area contributed by atoms with Gasteiger partial charge in [-0.25, -0.2) is 0 Å². The molecule has 3 unspecified atom stereocenters. The summed E-state index contributed by atoms with van der Waals surface area (Å²) in [6.45, 7) is 3.47. The van der Waals surface area contributed by atoms with Crippen molar-refractivity contribution in [2.75, 3.05) is 0 Å². The molecule has 4 nitrogen and oxygen atoms in total. The molecule has 1 fully saturated rings. The average molecular weight is 186 g/mol. The number of carboxylic acids is 1. The van der Waals surface area contributed by atoms with Gasteiger partial charge in [-0.15, -0.1) is 0 Å². The van der Waals surface area contributed by atoms with E-state index in [4.69, 9.17) is 9.84 Å². The van der Waals surface area contributed by atoms with E-state index in [2.05, 4.69) is 0 Å². The van der Waals surface area contributed by atoms with Gasteiger partial charge in [0.25, 0.3) is 0 Å². The highest BCUT2D eigenvalue weighted by atomic mass is 16.6. The van der Waals surface area contributed by atoms with Crippen molar-refractivity contribution in [2.24, 2.45) is 11.8 Å². The second-order valence-electron chi connectivity index (χ2n) is 3.44. The topological polar surface area (TPSA) is 63.6 Å². The van der Waals surface area contributed by atoms with Crippen molar-refractivity contribution >= 4 is 11.9 Å². The van der Waals surface area contributed by atoms with Gasteiger partial charge in [0.2, 0.25) is 0 Å². The Morgan fingerprint density at radius 3 is 2.77 bits per heavy atom. The minimum Gasteiger partial charge on any atom is -0.481 e. The Morgan fingerprint density at radius 1 is 1.77 bits per heavy atom. The van der Waals surface area contributed by atoms with Crippen LogP contribution in [0.4, 0.5) is 0 Å². The van der Waals surface area contributed by atoms with E-state index in [-0.39, 0.29) is 12.1 Å². The molecule has 0 aromatic heterocycles. The number of hydrogen-bond acceptors (Lipinski definition) is 3. The number of rotatable bonds is 3. The lowest BCUT2D eigenvalue weighted by atomic mass is 9.91. The second-order valence-corrected chi connectivity index (χ2v) is 3.44. The quantitative estimate of drug-likeness (QED) is 0.669. The molecule has 1 aliphatic heterocycles. The van der Waals surface area contributed by atoms with Gasteiger partial charge < -0.3 is 9.84 Å². The van der Waals surface area contributed by atoms with Gasteiger partial charge in [0, 0.05) is 0 Å². The van der Waals surface area contributed by atoms with Crippen molar-refractivity contribution in [3.63, 3.8) is 0 Å². The molecule has 0 aliphatic carbocycles. The van der Waals surface area contributed by atoms with E-state index in [0.29, 0.717) is 6.42 Å². The monoisotopic (exact) mass is 186 g/mol. The largest absolute Gasteiger partial charge is 0.481 e. The van der Waals surface area contributed by atoms with Crippen LogP contribution in [0, 0.1) is 11.8 Å². The maximum absolute atomic E-state index is 11.2. The summed E-state index contributed by atoms with van der Waals surface area (Å²) in [5.41, 5.74) is 0. The molecule has 0 bridgehead atoms. The van der Waals surface area contributed by atoms with E-state index in [1.807, 2.05) is 6.92 Å². The van der Waals surface area contributed by atoms with Crippen LogP contribution in [-0.2, 0) is 14.3 Å². The number of carboxylic acid groups (broad SMARTS) is 1. The fraction of sp³-hybridized carbons (Fsp3) is 0.778. The highest BCUT2D eigenvalue weighted by Crippen LogP contribution is 2.29. The van der Waals surface area contributed by atoms with Crippen molar-refractivity contribution < 1.29 is 19.4 Å².